The molecule has 5 nitrogen and oxygen atoms in total. The summed E-state index contributed by atoms with van der Waals surface area (Å²) in [5.41, 5.74) is 1.77. The van der Waals surface area contributed by atoms with Gasteiger partial charge in [-0.05, 0) is 30.5 Å². The molecule has 1 aromatic heterocycles. The van der Waals surface area contributed by atoms with Crippen molar-refractivity contribution in [2.75, 3.05) is 26.2 Å². The number of amides is 1. The van der Waals surface area contributed by atoms with Crippen molar-refractivity contribution in [3.05, 3.63) is 51.8 Å². The van der Waals surface area contributed by atoms with Crippen molar-refractivity contribution in [1.29, 1.82) is 0 Å². The van der Waals surface area contributed by atoms with Crippen LogP contribution in [0, 0.1) is 0 Å². The fourth-order valence-electron chi connectivity index (χ4n) is 3.64. The largest absolute Gasteiger partial charge is 0.339 e. The molecular weight excluding hydrogens is 430 g/mol. The molecule has 2 aromatic rings. The second-order valence-corrected chi connectivity index (χ2v) is 8.33. The number of nitrogens with zero attached hydrogens (tertiary/aromatic N) is 4. The number of carbonyl (C=O) groups is 1. The lowest BCUT2D eigenvalue weighted by Crippen LogP contribution is -2.49. The number of benzene rings is 1. The van der Waals surface area contributed by atoms with Gasteiger partial charge >= 0.3 is 0 Å². The van der Waals surface area contributed by atoms with Crippen molar-refractivity contribution in [3.8, 4) is 0 Å². The van der Waals surface area contributed by atoms with Crippen LogP contribution in [-0.2, 0) is 17.9 Å². The van der Waals surface area contributed by atoms with Crippen LogP contribution < -0.4 is 0 Å². The molecular formula is C20H23BrF2N4O. The molecule has 2 aliphatic rings. The third kappa shape index (κ3) is 4.43. The van der Waals surface area contributed by atoms with Crippen LogP contribution in [0.1, 0.15) is 42.1 Å². The molecule has 0 radical (unpaired) electrons. The fourth-order valence-corrected chi connectivity index (χ4v) is 4.05. The van der Waals surface area contributed by atoms with E-state index in [0.717, 1.165) is 42.6 Å². The number of carbonyl (C=O) groups excluding carboxylic acids is 1. The summed E-state index contributed by atoms with van der Waals surface area (Å²) in [7, 11) is 0. The molecule has 2 heterocycles. The second-order valence-electron chi connectivity index (χ2n) is 7.48. The Kier molecular flexibility index (Phi) is 5.78. The van der Waals surface area contributed by atoms with Gasteiger partial charge in [0.2, 0.25) is 5.91 Å². The SMILES string of the molecule is O=C(Cn1nc(C(F)F)cc1C1CC1)N1CCN(Cc2ccccc2Br)CC1. The molecule has 0 N–H and O–H groups in total. The lowest BCUT2D eigenvalue weighted by Gasteiger charge is -2.35. The van der Waals surface area contributed by atoms with Crippen LogP contribution in [0.3, 0.4) is 0 Å². The van der Waals surface area contributed by atoms with Crippen LogP contribution in [0.2, 0.25) is 0 Å². The van der Waals surface area contributed by atoms with E-state index in [1.807, 2.05) is 23.1 Å². The maximum atomic E-state index is 13.0. The molecule has 1 amide bonds. The summed E-state index contributed by atoms with van der Waals surface area (Å²) in [6.07, 6.45) is -0.637. The normalized spacial score (nSPS) is 18.1. The highest BCUT2D eigenvalue weighted by molar-refractivity contribution is 9.10. The number of hydrogen-bond donors (Lipinski definition) is 0. The van der Waals surface area contributed by atoms with Gasteiger partial charge in [-0.25, -0.2) is 8.78 Å². The smallest absolute Gasteiger partial charge is 0.282 e. The molecule has 28 heavy (non-hydrogen) atoms. The van der Waals surface area contributed by atoms with Gasteiger partial charge in [0.1, 0.15) is 12.2 Å². The monoisotopic (exact) mass is 452 g/mol. The Morgan fingerprint density at radius 3 is 2.54 bits per heavy atom. The molecule has 0 spiro atoms. The van der Waals surface area contributed by atoms with Gasteiger partial charge in [-0.1, -0.05) is 34.1 Å². The molecule has 1 aliphatic carbocycles. The van der Waals surface area contributed by atoms with Crippen molar-refractivity contribution in [2.24, 2.45) is 0 Å². The quantitative estimate of drug-likeness (QED) is 0.668. The highest BCUT2D eigenvalue weighted by Gasteiger charge is 2.31. The molecule has 0 atom stereocenters. The van der Waals surface area contributed by atoms with Gasteiger partial charge in [0.15, 0.2) is 0 Å². The molecule has 8 heteroatoms. The van der Waals surface area contributed by atoms with Crippen LogP contribution in [-0.4, -0.2) is 51.7 Å². The predicted molar refractivity (Wildman–Crippen MR) is 105 cm³/mol. The maximum Gasteiger partial charge on any atom is 0.282 e. The van der Waals surface area contributed by atoms with E-state index in [0.29, 0.717) is 13.1 Å². The predicted octanol–water partition coefficient (Wildman–Crippen LogP) is 3.81. The van der Waals surface area contributed by atoms with Crippen molar-refractivity contribution in [1.82, 2.24) is 19.6 Å². The van der Waals surface area contributed by atoms with Gasteiger partial charge in [-0.15, -0.1) is 0 Å². The van der Waals surface area contributed by atoms with Crippen molar-refractivity contribution < 1.29 is 13.6 Å². The highest BCUT2D eigenvalue weighted by atomic mass is 79.9. The average Bonchev–Trinajstić information content (AvgIpc) is 3.44. The lowest BCUT2D eigenvalue weighted by molar-refractivity contribution is -0.133. The summed E-state index contributed by atoms with van der Waals surface area (Å²) in [5, 5.41) is 3.99. The van der Waals surface area contributed by atoms with E-state index in [-0.39, 0.29) is 24.1 Å². The first-order chi connectivity index (χ1) is 13.5. The molecule has 0 unspecified atom stereocenters. The summed E-state index contributed by atoms with van der Waals surface area (Å²) in [4.78, 5) is 16.9. The maximum absolute atomic E-state index is 13.0. The molecule has 1 aromatic carbocycles. The summed E-state index contributed by atoms with van der Waals surface area (Å²) in [5.74, 6) is 0.223. The van der Waals surface area contributed by atoms with Crippen molar-refractivity contribution in [2.45, 2.75) is 38.3 Å². The average molecular weight is 453 g/mol. The van der Waals surface area contributed by atoms with Gasteiger partial charge in [-0.3, -0.25) is 14.4 Å². The Balaban J connectivity index is 1.34. The minimum Gasteiger partial charge on any atom is -0.339 e. The van der Waals surface area contributed by atoms with E-state index in [1.54, 1.807) is 0 Å². The number of halogens is 3. The molecule has 2 fully saturated rings. The van der Waals surface area contributed by atoms with E-state index >= 15 is 0 Å². The minimum absolute atomic E-state index is 0.0444. The molecule has 4 rings (SSSR count). The van der Waals surface area contributed by atoms with E-state index in [4.69, 9.17) is 0 Å². The first kappa shape index (κ1) is 19.5. The number of hydrogen-bond acceptors (Lipinski definition) is 3. The molecule has 0 bridgehead atoms. The Hall–Kier alpha value is -1.80. The third-order valence-electron chi connectivity index (χ3n) is 5.41. The Morgan fingerprint density at radius 2 is 1.89 bits per heavy atom. The molecule has 1 aliphatic heterocycles. The summed E-state index contributed by atoms with van der Waals surface area (Å²) < 4.78 is 28.6. The van der Waals surface area contributed by atoms with Crippen molar-refractivity contribution in [3.63, 3.8) is 0 Å². The molecule has 1 saturated heterocycles. The minimum atomic E-state index is -2.60. The summed E-state index contributed by atoms with van der Waals surface area (Å²) in [6, 6.07) is 9.61. The lowest BCUT2D eigenvalue weighted by atomic mass is 10.2. The molecule has 150 valence electrons. The van der Waals surface area contributed by atoms with Gasteiger partial charge in [0.25, 0.3) is 6.43 Å². The van der Waals surface area contributed by atoms with Crippen LogP contribution >= 0.6 is 15.9 Å². The third-order valence-corrected chi connectivity index (χ3v) is 6.18. The van der Waals surface area contributed by atoms with Crippen LogP contribution in [0.4, 0.5) is 8.78 Å². The zero-order chi connectivity index (χ0) is 19.7. The first-order valence-corrected chi connectivity index (χ1v) is 10.4. The number of aromatic nitrogens is 2. The standard InChI is InChI=1S/C20H23BrF2N4O/c21-16-4-2-1-3-15(16)12-25-7-9-26(10-8-25)19(28)13-27-18(14-5-6-14)11-17(24-27)20(22)23/h1-4,11,14,20H,5-10,12-13H2. The van der Waals surface area contributed by atoms with Crippen LogP contribution in [0.5, 0.6) is 0 Å². The molecule has 1 saturated carbocycles. The van der Waals surface area contributed by atoms with Gasteiger partial charge in [-0.2, -0.15) is 5.10 Å². The Bertz CT molecular complexity index is 844. The second kappa shape index (κ2) is 8.29. The van der Waals surface area contributed by atoms with Gasteiger partial charge in [0.05, 0.1) is 0 Å². The Morgan fingerprint density at radius 1 is 1.18 bits per heavy atom. The van der Waals surface area contributed by atoms with Gasteiger partial charge in [0, 0.05) is 48.8 Å². The van der Waals surface area contributed by atoms with E-state index in [9.17, 15) is 13.6 Å². The zero-order valence-electron chi connectivity index (χ0n) is 15.5. The van der Waals surface area contributed by atoms with E-state index < -0.39 is 6.43 Å². The summed E-state index contributed by atoms with van der Waals surface area (Å²) in [6.45, 7) is 3.76. The highest BCUT2D eigenvalue weighted by Crippen LogP contribution is 2.41. The zero-order valence-corrected chi connectivity index (χ0v) is 17.1. The van der Waals surface area contributed by atoms with E-state index in [1.165, 1.54) is 16.3 Å². The van der Waals surface area contributed by atoms with Crippen LogP contribution in [0.15, 0.2) is 34.8 Å². The topological polar surface area (TPSA) is 41.4 Å². The van der Waals surface area contributed by atoms with Gasteiger partial charge < -0.3 is 4.90 Å². The van der Waals surface area contributed by atoms with E-state index in [2.05, 4.69) is 32.0 Å². The number of rotatable bonds is 6. The fraction of sp³-hybridized carbons (Fsp3) is 0.500. The van der Waals surface area contributed by atoms with Crippen molar-refractivity contribution >= 4 is 21.8 Å². The summed E-state index contributed by atoms with van der Waals surface area (Å²) >= 11 is 3.58. The first-order valence-electron chi connectivity index (χ1n) is 9.60. The Labute approximate surface area is 171 Å². The number of alkyl halides is 2. The van der Waals surface area contributed by atoms with Crippen LogP contribution in [0.25, 0.3) is 0 Å². The number of piperazine rings is 1.